The van der Waals surface area contributed by atoms with Gasteiger partial charge in [-0.1, -0.05) is 11.6 Å². The number of anilines is 1. The van der Waals surface area contributed by atoms with Crippen LogP contribution in [0, 0.1) is 6.92 Å². The van der Waals surface area contributed by atoms with Crippen LogP contribution in [0.15, 0.2) is 40.8 Å². The fourth-order valence-electron chi connectivity index (χ4n) is 1.97. The molecule has 0 radical (unpaired) electrons. The molecule has 2 aromatic carbocycles. The molecule has 3 rings (SSSR count). The molecule has 0 aliphatic rings. The van der Waals surface area contributed by atoms with Gasteiger partial charge in [-0.3, -0.25) is 0 Å². The van der Waals surface area contributed by atoms with E-state index in [2.05, 4.69) is 4.98 Å². The number of nitrogens with two attached hydrogens (primary N) is 1. The monoisotopic (exact) mass is 288 g/mol. The largest absolute Gasteiger partial charge is 0.484 e. The van der Waals surface area contributed by atoms with Crippen molar-refractivity contribution in [2.45, 2.75) is 13.5 Å². The number of ether oxygens (including phenoxy) is 1. The van der Waals surface area contributed by atoms with Crippen molar-refractivity contribution in [3.63, 3.8) is 0 Å². The Balaban J connectivity index is 1.81. The number of nitrogens with zero attached hydrogens (tertiary/aromatic N) is 1. The molecule has 2 N–H and O–H groups in total. The van der Waals surface area contributed by atoms with Crippen molar-refractivity contribution >= 4 is 28.4 Å². The van der Waals surface area contributed by atoms with Gasteiger partial charge in [-0.25, -0.2) is 4.98 Å². The minimum Gasteiger partial charge on any atom is -0.484 e. The van der Waals surface area contributed by atoms with Crippen LogP contribution in [0.25, 0.3) is 11.1 Å². The summed E-state index contributed by atoms with van der Waals surface area (Å²) in [6.45, 7) is 2.19. The molecule has 0 amide bonds. The Morgan fingerprint density at radius 2 is 2.00 bits per heavy atom. The quantitative estimate of drug-likeness (QED) is 0.741. The number of aromatic nitrogens is 1. The first-order valence-electron chi connectivity index (χ1n) is 6.16. The standard InChI is InChI=1S/C15H13ClN2O2/c1-9-6-10(16)7-13-15(9)20-14(18-13)8-19-12-4-2-11(17)3-5-12/h2-7H,8,17H2,1H3. The van der Waals surface area contributed by atoms with Crippen LogP contribution in [0.4, 0.5) is 5.69 Å². The highest BCUT2D eigenvalue weighted by atomic mass is 35.5. The van der Waals surface area contributed by atoms with Crippen molar-refractivity contribution in [1.82, 2.24) is 4.98 Å². The third kappa shape index (κ3) is 2.56. The third-order valence-electron chi connectivity index (χ3n) is 2.93. The topological polar surface area (TPSA) is 61.3 Å². The average Bonchev–Trinajstić information content (AvgIpc) is 2.81. The lowest BCUT2D eigenvalue weighted by Crippen LogP contribution is -1.95. The molecule has 0 spiro atoms. The SMILES string of the molecule is Cc1cc(Cl)cc2nc(COc3ccc(N)cc3)oc12. The number of hydrogen-bond donors (Lipinski definition) is 1. The van der Waals surface area contributed by atoms with Crippen molar-refractivity contribution in [3.05, 3.63) is 52.9 Å². The lowest BCUT2D eigenvalue weighted by molar-refractivity contribution is 0.267. The maximum Gasteiger partial charge on any atom is 0.233 e. The fourth-order valence-corrected chi connectivity index (χ4v) is 2.24. The number of oxazole rings is 1. The maximum absolute atomic E-state index is 6.00. The molecule has 0 fully saturated rings. The summed E-state index contributed by atoms with van der Waals surface area (Å²) in [4.78, 5) is 4.37. The molecule has 0 bridgehead atoms. The fraction of sp³-hybridized carbons (Fsp3) is 0.133. The first-order valence-corrected chi connectivity index (χ1v) is 6.53. The zero-order valence-electron chi connectivity index (χ0n) is 10.9. The molecule has 0 saturated carbocycles. The van der Waals surface area contributed by atoms with E-state index in [9.17, 15) is 0 Å². The summed E-state index contributed by atoms with van der Waals surface area (Å²) in [5, 5.41) is 0.648. The minimum atomic E-state index is 0.260. The van der Waals surface area contributed by atoms with Gasteiger partial charge < -0.3 is 14.9 Å². The summed E-state index contributed by atoms with van der Waals surface area (Å²) in [5.74, 6) is 1.23. The Morgan fingerprint density at radius 1 is 1.25 bits per heavy atom. The van der Waals surface area contributed by atoms with E-state index >= 15 is 0 Å². The highest BCUT2D eigenvalue weighted by Gasteiger charge is 2.09. The molecule has 1 aromatic heterocycles. The first kappa shape index (κ1) is 12.8. The van der Waals surface area contributed by atoms with Crippen LogP contribution < -0.4 is 10.5 Å². The predicted octanol–water partition coefficient (Wildman–Crippen LogP) is 3.95. The second kappa shape index (κ2) is 5.06. The van der Waals surface area contributed by atoms with Gasteiger partial charge in [-0.2, -0.15) is 0 Å². The molecule has 4 nitrogen and oxygen atoms in total. The Hall–Kier alpha value is -2.20. The van der Waals surface area contributed by atoms with Crippen molar-refractivity contribution in [3.8, 4) is 5.75 Å². The number of hydrogen-bond acceptors (Lipinski definition) is 4. The molecule has 102 valence electrons. The normalized spacial score (nSPS) is 10.9. The van der Waals surface area contributed by atoms with Gasteiger partial charge in [0.15, 0.2) is 12.2 Å². The van der Waals surface area contributed by atoms with E-state index < -0.39 is 0 Å². The molecule has 0 aliphatic carbocycles. The van der Waals surface area contributed by atoms with Crippen LogP contribution in [0.5, 0.6) is 5.75 Å². The van der Waals surface area contributed by atoms with Crippen molar-refractivity contribution < 1.29 is 9.15 Å². The zero-order chi connectivity index (χ0) is 14.1. The van der Waals surface area contributed by atoms with Gasteiger partial charge in [-0.15, -0.1) is 0 Å². The summed E-state index contributed by atoms with van der Waals surface area (Å²) >= 11 is 6.00. The van der Waals surface area contributed by atoms with Gasteiger partial charge in [-0.05, 0) is 48.9 Å². The highest BCUT2D eigenvalue weighted by molar-refractivity contribution is 6.31. The second-order valence-electron chi connectivity index (χ2n) is 4.54. The summed E-state index contributed by atoms with van der Waals surface area (Å²) < 4.78 is 11.3. The maximum atomic E-state index is 6.00. The van der Waals surface area contributed by atoms with E-state index in [-0.39, 0.29) is 6.61 Å². The number of halogens is 1. The third-order valence-corrected chi connectivity index (χ3v) is 3.15. The second-order valence-corrected chi connectivity index (χ2v) is 4.97. The average molecular weight is 289 g/mol. The summed E-state index contributed by atoms with van der Waals surface area (Å²) in [5.41, 5.74) is 8.76. The van der Waals surface area contributed by atoms with Crippen LogP contribution in [-0.4, -0.2) is 4.98 Å². The van der Waals surface area contributed by atoms with E-state index in [1.165, 1.54) is 0 Å². The number of nitrogen functional groups attached to an aromatic ring is 1. The van der Waals surface area contributed by atoms with Crippen molar-refractivity contribution in [2.24, 2.45) is 0 Å². The first-order chi connectivity index (χ1) is 9.61. The van der Waals surface area contributed by atoms with E-state index in [0.717, 1.165) is 22.4 Å². The Bertz CT molecular complexity index is 750. The Kier molecular flexibility index (Phi) is 3.24. The number of benzene rings is 2. The molecule has 20 heavy (non-hydrogen) atoms. The number of fused-ring (bicyclic) bond motifs is 1. The molecule has 3 aromatic rings. The van der Waals surface area contributed by atoms with Gasteiger partial charge in [0.1, 0.15) is 11.3 Å². The molecule has 0 unspecified atom stereocenters. The van der Waals surface area contributed by atoms with Gasteiger partial charge >= 0.3 is 0 Å². The molecule has 5 heteroatoms. The molecule has 0 aliphatic heterocycles. The minimum absolute atomic E-state index is 0.260. The lowest BCUT2D eigenvalue weighted by Gasteiger charge is -2.03. The van der Waals surface area contributed by atoms with Crippen LogP contribution in [-0.2, 0) is 6.61 Å². The van der Waals surface area contributed by atoms with Crippen LogP contribution in [0.2, 0.25) is 5.02 Å². The number of rotatable bonds is 3. The van der Waals surface area contributed by atoms with Crippen LogP contribution in [0.3, 0.4) is 0 Å². The lowest BCUT2D eigenvalue weighted by atomic mass is 10.2. The van der Waals surface area contributed by atoms with E-state index in [1.54, 1.807) is 30.3 Å². The summed E-state index contributed by atoms with van der Waals surface area (Å²) in [6.07, 6.45) is 0. The Morgan fingerprint density at radius 3 is 2.75 bits per heavy atom. The van der Waals surface area contributed by atoms with Gasteiger partial charge in [0.05, 0.1) is 0 Å². The van der Waals surface area contributed by atoms with Gasteiger partial charge in [0, 0.05) is 10.7 Å². The summed E-state index contributed by atoms with van der Waals surface area (Å²) in [7, 11) is 0. The molecule has 1 heterocycles. The Labute approximate surface area is 121 Å². The molecular weight excluding hydrogens is 276 g/mol. The predicted molar refractivity (Wildman–Crippen MR) is 78.9 cm³/mol. The van der Waals surface area contributed by atoms with Gasteiger partial charge in [0.2, 0.25) is 5.89 Å². The van der Waals surface area contributed by atoms with Crippen LogP contribution in [0.1, 0.15) is 11.5 Å². The molecular formula is C15H13ClN2O2. The van der Waals surface area contributed by atoms with Crippen LogP contribution >= 0.6 is 11.6 Å². The van der Waals surface area contributed by atoms with Crippen molar-refractivity contribution in [1.29, 1.82) is 0 Å². The van der Waals surface area contributed by atoms with Gasteiger partial charge in [0.25, 0.3) is 0 Å². The molecule has 0 atom stereocenters. The van der Waals surface area contributed by atoms with E-state index in [1.807, 2.05) is 13.0 Å². The smallest absolute Gasteiger partial charge is 0.233 e. The molecule has 0 saturated heterocycles. The highest BCUT2D eigenvalue weighted by Crippen LogP contribution is 2.25. The zero-order valence-corrected chi connectivity index (χ0v) is 11.6. The summed E-state index contributed by atoms with van der Waals surface area (Å²) in [6, 6.07) is 10.8. The number of aryl methyl sites for hydroxylation is 1. The van der Waals surface area contributed by atoms with Crippen molar-refractivity contribution in [2.75, 3.05) is 5.73 Å². The van der Waals surface area contributed by atoms with E-state index in [4.69, 9.17) is 26.5 Å². The van der Waals surface area contributed by atoms with E-state index in [0.29, 0.717) is 16.6 Å².